The van der Waals surface area contributed by atoms with Crippen molar-refractivity contribution < 1.29 is 9.18 Å². The molecule has 1 aromatic heterocycles. The number of nitrogens with one attached hydrogen (secondary N) is 1. The molecule has 0 spiro atoms. The van der Waals surface area contributed by atoms with Gasteiger partial charge < -0.3 is 15.1 Å². The smallest absolute Gasteiger partial charge is 0.237 e. The second kappa shape index (κ2) is 6.02. The summed E-state index contributed by atoms with van der Waals surface area (Å²) in [5.74, 6) is 1.91. The second-order valence-corrected chi connectivity index (χ2v) is 6.85. The predicted octanol–water partition coefficient (Wildman–Crippen LogP) is 0.568. The Morgan fingerprint density at radius 1 is 1.38 bits per heavy atom. The summed E-state index contributed by atoms with van der Waals surface area (Å²) in [5.41, 5.74) is 0. The Balaban J connectivity index is 1.25. The van der Waals surface area contributed by atoms with Crippen molar-refractivity contribution in [1.29, 1.82) is 5.26 Å². The molecule has 126 valence electrons. The van der Waals surface area contributed by atoms with E-state index >= 15 is 0 Å². The van der Waals surface area contributed by atoms with Crippen molar-refractivity contribution in [2.45, 2.75) is 24.7 Å². The highest BCUT2D eigenvalue weighted by Gasteiger charge is 2.56. The Kier molecular flexibility index (Phi) is 3.85. The third kappa shape index (κ3) is 2.71. The van der Waals surface area contributed by atoms with Crippen molar-refractivity contribution in [2.24, 2.45) is 11.8 Å². The summed E-state index contributed by atoms with van der Waals surface area (Å²) in [6.07, 6.45) is 0.856. The van der Waals surface area contributed by atoms with Crippen LogP contribution in [0.15, 0.2) is 24.4 Å². The molecule has 1 amide bonds. The molecule has 0 aromatic carbocycles. The van der Waals surface area contributed by atoms with Crippen molar-refractivity contribution in [1.82, 2.24) is 15.2 Å². The number of fused-ring (bicyclic) bond motifs is 1. The lowest BCUT2D eigenvalue weighted by Crippen LogP contribution is -2.43. The third-order valence-corrected chi connectivity index (χ3v) is 5.38. The van der Waals surface area contributed by atoms with Crippen molar-refractivity contribution in [2.75, 3.05) is 31.1 Å². The van der Waals surface area contributed by atoms with E-state index in [0.717, 1.165) is 18.9 Å². The third-order valence-electron chi connectivity index (χ3n) is 5.38. The van der Waals surface area contributed by atoms with Gasteiger partial charge in [-0.1, -0.05) is 6.07 Å². The van der Waals surface area contributed by atoms with Gasteiger partial charge in [-0.2, -0.15) is 5.26 Å². The minimum atomic E-state index is -1.08. The zero-order valence-electron chi connectivity index (χ0n) is 13.3. The number of hydrogen-bond donors (Lipinski definition) is 1. The highest BCUT2D eigenvalue weighted by atomic mass is 19.1. The zero-order chi connectivity index (χ0) is 16.7. The zero-order valence-corrected chi connectivity index (χ0v) is 13.3. The van der Waals surface area contributed by atoms with Crippen LogP contribution in [0, 0.1) is 23.2 Å². The Morgan fingerprint density at radius 2 is 2.17 bits per heavy atom. The summed E-state index contributed by atoms with van der Waals surface area (Å²) in [4.78, 5) is 20.2. The van der Waals surface area contributed by atoms with Crippen molar-refractivity contribution in [3.63, 3.8) is 0 Å². The maximum Gasteiger partial charge on any atom is 0.237 e. The SMILES string of the molecule is N#C[C@@H]1C[C@H](F)CN1C(=O)CNC1C2CN(c3ccccn3)CC21. The Bertz CT molecular complexity index is 651. The van der Waals surface area contributed by atoms with E-state index in [0.29, 0.717) is 17.9 Å². The van der Waals surface area contributed by atoms with Gasteiger partial charge >= 0.3 is 0 Å². The summed E-state index contributed by atoms with van der Waals surface area (Å²) in [5, 5.41) is 12.3. The van der Waals surface area contributed by atoms with Crippen LogP contribution in [0.1, 0.15) is 6.42 Å². The van der Waals surface area contributed by atoms with Crippen LogP contribution in [0.4, 0.5) is 10.2 Å². The average molecular weight is 329 g/mol. The number of hydrogen-bond acceptors (Lipinski definition) is 5. The predicted molar refractivity (Wildman–Crippen MR) is 85.8 cm³/mol. The van der Waals surface area contributed by atoms with Gasteiger partial charge in [-0.25, -0.2) is 9.37 Å². The number of halogens is 1. The van der Waals surface area contributed by atoms with Gasteiger partial charge in [-0.3, -0.25) is 4.79 Å². The number of rotatable bonds is 4. The number of aromatic nitrogens is 1. The first-order chi connectivity index (χ1) is 11.7. The summed E-state index contributed by atoms with van der Waals surface area (Å²) in [7, 11) is 0. The molecule has 24 heavy (non-hydrogen) atoms. The number of nitriles is 1. The van der Waals surface area contributed by atoms with Crippen LogP contribution in [0.3, 0.4) is 0 Å². The number of alkyl halides is 1. The highest BCUT2D eigenvalue weighted by molar-refractivity contribution is 5.79. The topological polar surface area (TPSA) is 72.3 Å². The average Bonchev–Trinajstić information content (AvgIpc) is 2.95. The van der Waals surface area contributed by atoms with E-state index < -0.39 is 12.2 Å². The van der Waals surface area contributed by atoms with Crippen molar-refractivity contribution in [3.8, 4) is 6.07 Å². The number of pyridine rings is 1. The first-order valence-electron chi connectivity index (χ1n) is 8.40. The monoisotopic (exact) mass is 329 g/mol. The van der Waals surface area contributed by atoms with Gasteiger partial charge in [0.1, 0.15) is 18.0 Å². The minimum Gasteiger partial charge on any atom is -0.356 e. The van der Waals surface area contributed by atoms with Gasteiger partial charge in [0, 0.05) is 31.7 Å². The fraction of sp³-hybridized carbons (Fsp3) is 0.588. The lowest BCUT2D eigenvalue weighted by Gasteiger charge is -2.22. The van der Waals surface area contributed by atoms with Gasteiger partial charge in [0.05, 0.1) is 19.2 Å². The maximum absolute atomic E-state index is 13.4. The minimum absolute atomic E-state index is 0.0454. The molecule has 2 saturated heterocycles. The largest absolute Gasteiger partial charge is 0.356 e. The fourth-order valence-corrected chi connectivity index (χ4v) is 4.05. The maximum atomic E-state index is 13.4. The first-order valence-corrected chi connectivity index (χ1v) is 8.40. The van der Waals surface area contributed by atoms with E-state index in [1.807, 2.05) is 24.3 Å². The summed E-state index contributed by atoms with van der Waals surface area (Å²) < 4.78 is 13.4. The first kappa shape index (κ1) is 15.3. The van der Waals surface area contributed by atoms with Crippen LogP contribution < -0.4 is 10.2 Å². The summed E-state index contributed by atoms with van der Waals surface area (Å²) in [6, 6.07) is 7.65. The Labute approximate surface area is 140 Å². The normalized spacial score (nSPS) is 34.1. The van der Waals surface area contributed by atoms with Crippen LogP contribution >= 0.6 is 0 Å². The molecule has 4 atom stereocenters. The molecule has 0 bridgehead atoms. The molecule has 1 N–H and O–H groups in total. The fourth-order valence-electron chi connectivity index (χ4n) is 4.05. The molecular formula is C17H20FN5O. The molecular weight excluding hydrogens is 309 g/mol. The van der Waals surface area contributed by atoms with E-state index in [4.69, 9.17) is 5.26 Å². The molecule has 0 radical (unpaired) electrons. The standard InChI is InChI=1S/C17H20FN5O/c18-11-5-12(6-19)23(8-11)16(24)7-21-17-13-9-22(10-14(13)17)15-3-1-2-4-20-15/h1-4,11-14,17,21H,5,7-10H2/t11-,12-,13?,14?,17?/m0/s1. The van der Waals surface area contributed by atoms with Crippen molar-refractivity contribution in [3.05, 3.63) is 24.4 Å². The second-order valence-electron chi connectivity index (χ2n) is 6.85. The van der Waals surface area contributed by atoms with Gasteiger partial charge in [-0.15, -0.1) is 0 Å². The van der Waals surface area contributed by atoms with Crippen LogP contribution in [0.25, 0.3) is 0 Å². The molecule has 1 saturated carbocycles. The molecule has 3 aliphatic rings. The molecule has 3 fully saturated rings. The highest BCUT2D eigenvalue weighted by Crippen LogP contribution is 2.46. The lowest BCUT2D eigenvalue weighted by atomic mass is 10.2. The van der Waals surface area contributed by atoms with E-state index in [-0.39, 0.29) is 25.4 Å². The Morgan fingerprint density at radius 3 is 2.83 bits per heavy atom. The number of likely N-dealkylation sites (tertiary alicyclic amines) is 1. The van der Waals surface area contributed by atoms with Crippen molar-refractivity contribution >= 4 is 11.7 Å². The summed E-state index contributed by atoms with van der Waals surface area (Å²) >= 11 is 0. The number of piperidine rings is 1. The van der Waals surface area contributed by atoms with E-state index in [1.165, 1.54) is 4.90 Å². The molecule has 2 aliphatic heterocycles. The van der Waals surface area contributed by atoms with Crippen LogP contribution in [-0.2, 0) is 4.79 Å². The molecule has 3 heterocycles. The van der Waals surface area contributed by atoms with Crippen LogP contribution in [0.2, 0.25) is 0 Å². The van der Waals surface area contributed by atoms with E-state index in [1.54, 1.807) is 6.20 Å². The summed E-state index contributed by atoms with van der Waals surface area (Å²) in [6.45, 7) is 2.13. The molecule has 1 aromatic rings. The van der Waals surface area contributed by atoms with Crippen LogP contribution in [0.5, 0.6) is 0 Å². The molecule has 7 heteroatoms. The van der Waals surface area contributed by atoms with Gasteiger partial charge in [0.25, 0.3) is 0 Å². The van der Waals surface area contributed by atoms with E-state index in [9.17, 15) is 9.18 Å². The van der Waals surface area contributed by atoms with Crippen LogP contribution in [-0.4, -0.2) is 60.2 Å². The molecule has 2 unspecified atom stereocenters. The number of amides is 1. The molecule has 6 nitrogen and oxygen atoms in total. The quantitative estimate of drug-likeness (QED) is 0.874. The Hall–Kier alpha value is -2.20. The van der Waals surface area contributed by atoms with E-state index in [2.05, 4.69) is 15.2 Å². The molecule has 4 rings (SSSR count). The van der Waals surface area contributed by atoms with Gasteiger partial charge in [-0.05, 0) is 24.0 Å². The molecule has 1 aliphatic carbocycles. The van der Waals surface area contributed by atoms with Gasteiger partial charge in [0.2, 0.25) is 5.91 Å². The van der Waals surface area contributed by atoms with Gasteiger partial charge in [0.15, 0.2) is 0 Å². The number of carbonyl (C=O) groups is 1. The number of carbonyl (C=O) groups excluding carboxylic acids is 1. The number of nitrogens with zero attached hydrogens (tertiary/aromatic N) is 4. The number of anilines is 1. The lowest BCUT2D eigenvalue weighted by molar-refractivity contribution is -0.130.